The molecule has 0 bridgehead atoms. The number of halogens is 1. The first-order chi connectivity index (χ1) is 12.7. The van der Waals surface area contributed by atoms with Gasteiger partial charge in [-0.25, -0.2) is 13.8 Å². The van der Waals surface area contributed by atoms with Gasteiger partial charge in [-0.05, 0) is 42.0 Å². The van der Waals surface area contributed by atoms with E-state index >= 15 is 0 Å². The number of amides is 1. The van der Waals surface area contributed by atoms with Gasteiger partial charge in [0.05, 0.1) is 17.7 Å². The zero-order valence-corrected chi connectivity index (χ0v) is 17.7. The summed E-state index contributed by atoms with van der Waals surface area (Å²) in [4.78, 5) is 14.1. The largest absolute Gasteiger partial charge is 0.378 e. The van der Waals surface area contributed by atoms with E-state index in [1.807, 2.05) is 43.3 Å². The van der Waals surface area contributed by atoms with E-state index < -0.39 is 15.9 Å². The van der Waals surface area contributed by atoms with E-state index in [1.54, 1.807) is 12.1 Å². The molecule has 0 heterocycles. The molecule has 0 atom stereocenters. The van der Waals surface area contributed by atoms with Crippen molar-refractivity contribution in [1.82, 2.24) is 9.73 Å². The number of nitrogens with zero attached hydrogens (tertiary/aromatic N) is 3. The van der Waals surface area contributed by atoms with Crippen LogP contribution >= 0.6 is 15.9 Å². The Morgan fingerprint density at radius 3 is 2.22 bits per heavy atom. The summed E-state index contributed by atoms with van der Waals surface area (Å²) in [5.41, 5.74) is 4.21. The first-order valence-electron chi connectivity index (χ1n) is 8.01. The van der Waals surface area contributed by atoms with Gasteiger partial charge in [0.25, 0.3) is 5.91 Å². The van der Waals surface area contributed by atoms with Crippen LogP contribution in [-0.2, 0) is 14.8 Å². The molecular weight excluding hydrogens is 432 g/mol. The van der Waals surface area contributed by atoms with Gasteiger partial charge in [-0.3, -0.25) is 4.79 Å². The molecule has 9 heteroatoms. The third-order valence-corrected chi connectivity index (χ3v) is 6.05. The van der Waals surface area contributed by atoms with Crippen LogP contribution in [0.15, 0.2) is 63.0 Å². The quantitative estimate of drug-likeness (QED) is 0.515. The summed E-state index contributed by atoms with van der Waals surface area (Å²) >= 11 is 3.26. The molecule has 0 saturated heterocycles. The minimum absolute atomic E-state index is 0.116. The molecule has 0 aliphatic carbocycles. The van der Waals surface area contributed by atoms with Crippen LogP contribution in [0.1, 0.15) is 5.56 Å². The van der Waals surface area contributed by atoms with Crippen molar-refractivity contribution in [1.29, 1.82) is 0 Å². The lowest BCUT2D eigenvalue weighted by Crippen LogP contribution is -2.36. The normalized spacial score (nSPS) is 11.7. The average Bonchev–Trinajstić information content (AvgIpc) is 2.62. The van der Waals surface area contributed by atoms with Crippen molar-refractivity contribution < 1.29 is 13.2 Å². The number of anilines is 1. The highest BCUT2D eigenvalue weighted by atomic mass is 79.9. The van der Waals surface area contributed by atoms with Crippen molar-refractivity contribution in [3.8, 4) is 0 Å². The van der Waals surface area contributed by atoms with Gasteiger partial charge in [0, 0.05) is 31.3 Å². The lowest BCUT2D eigenvalue weighted by atomic mass is 10.2. The number of nitrogens with one attached hydrogen (secondary N) is 1. The molecule has 0 fully saturated rings. The van der Waals surface area contributed by atoms with Gasteiger partial charge >= 0.3 is 0 Å². The number of hydrazone groups is 1. The van der Waals surface area contributed by atoms with Crippen LogP contribution in [-0.4, -0.2) is 52.5 Å². The van der Waals surface area contributed by atoms with Crippen LogP contribution in [0.3, 0.4) is 0 Å². The summed E-state index contributed by atoms with van der Waals surface area (Å²) in [5, 5.41) is 3.87. The van der Waals surface area contributed by atoms with Crippen molar-refractivity contribution in [3.63, 3.8) is 0 Å². The molecule has 0 unspecified atom stereocenters. The van der Waals surface area contributed by atoms with Gasteiger partial charge in [0.1, 0.15) is 0 Å². The topological polar surface area (TPSA) is 82.1 Å². The fourth-order valence-electron chi connectivity index (χ4n) is 2.15. The molecule has 0 saturated carbocycles. The molecule has 2 rings (SSSR count). The summed E-state index contributed by atoms with van der Waals surface area (Å²) in [7, 11) is 1.50. The Balaban J connectivity index is 1.93. The van der Waals surface area contributed by atoms with Gasteiger partial charge in [0.2, 0.25) is 10.0 Å². The van der Waals surface area contributed by atoms with Crippen molar-refractivity contribution in [2.24, 2.45) is 5.10 Å². The fourth-order valence-corrected chi connectivity index (χ4v) is 3.54. The van der Waals surface area contributed by atoms with E-state index in [0.717, 1.165) is 20.0 Å². The number of benzene rings is 2. The molecule has 1 N–H and O–H groups in total. The Bertz CT molecular complexity index is 911. The predicted octanol–water partition coefficient (Wildman–Crippen LogP) is 2.29. The number of hydrogen-bond donors (Lipinski definition) is 1. The summed E-state index contributed by atoms with van der Waals surface area (Å²) in [6.07, 6.45) is 1.50. The number of carbonyl (C=O) groups is 1. The first kappa shape index (κ1) is 21.1. The predicted molar refractivity (Wildman–Crippen MR) is 110 cm³/mol. The third-order valence-electron chi connectivity index (χ3n) is 3.70. The molecule has 1 amide bonds. The fraction of sp³-hybridized carbons (Fsp3) is 0.222. The lowest BCUT2D eigenvalue weighted by molar-refractivity contribution is -0.121. The molecule has 0 aliphatic rings. The smallest absolute Gasteiger partial charge is 0.255 e. The minimum Gasteiger partial charge on any atom is -0.378 e. The summed E-state index contributed by atoms with van der Waals surface area (Å²) in [6.45, 7) is -0.338. The average molecular weight is 453 g/mol. The Morgan fingerprint density at radius 1 is 1.07 bits per heavy atom. The minimum atomic E-state index is -3.75. The van der Waals surface area contributed by atoms with Crippen molar-refractivity contribution in [2.75, 3.05) is 32.6 Å². The number of sulfonamides is 1. The molecule has 27 heavy (non-hydrogen) atoms. The Morgan fingerprint density at radius 2 is 1.67 bits per heavy atom. The van der Waals surface area contributed by atoms with Gasteiger partial charge in [-0.1, -0.05) is 28.1 Å². The molecule has 2 aromatic carbocycles. The van der Waals surface area contributed by atoms with E-state index in [-0.39, 0.29) is 11.4 Å². The van der Waals surface area contributed by atoms with E-state index in [4.69, 9.17) is 0 Å². The summed E-state index contributed by atoms with van der Waals surface area (Å²) < 4.78 is 26.7. The molecule has 0 spiro atoms. The van der Waals surface area contributed by atoms with E-state index in [1.165, 1.54) is 25.4 Å². The number of rotatable bonds is 7. The maximum absolute atomic E-state index is 12.4. The molecule has 2 aromatic rings. The molecule has 0 radical (unpaired) electrons. The molecule has 7 nitrogen and oxygen atoms in total. The van der Waals surface area contributed by atoms with Crippen LogP contribution in [0.25, 0.3) is 0 Å². The Hall–Kier alpha value is -2.23. The van der Waals surface area contributed by atoms with Crippen molar-refractivity contribution in [3.05, 3.63) is 58.6 Å². The van der Waals surface area contributed by atoms with Crippen molar-refractivity contribution in [2.45, 2.75) is 4.90 Å². The second-order valence-electron chi connectivity index (χ2n) is 5.99. The molecule has 144 valence electrons. The summed E-state index contributed by atoms with van der Waals surface area (Å²) in [5.74, 6) is -0.528. The monoisotopic (exact) mass is 452 g/mol. The van der Waals surface area contributed by atoms with E-state index in [2.05, 4.69) is 26.5 Å². The van der Waals surface area contributed by atoms with Gasteiger partial charge in [-0.2, -0.15) is 9.41 Å². The van der Waals surface area contributed by atoms with Crippen molar-refractivity contribution >= 4 is 43.8 Å². The van der Waals surface area contributed by atoms with Crippen LogP contribution < -0.4 is 10.3 Å². The highest BCUT2D eigenvalue weighted by molar-refractivity contribution is 9.10. The summed E-state index contributed by atoms with van der Waals surface area (Å²) in [6, 6.07) is 13.8. The Labute approximate surface area is 167 Å². The van der Waals surface area contributed by atoms with E-state index in [0.29, 0.717) is 0 Å². The SMILES string of the molecule is CN(C)c1ccc(/C=N\NC(=O)CN(C)S(=O)(=O)c2ccc(Br)cc2)cc1. The highest BCUT2D eigenvalue weighted by Gasteiger charge is 2.22. The highest BCUT2D eigenvalue weighted by Crippen LogP contribution is 2.17. The van der Waals surface area contributed by atoms with Crippen LogP contribution in [0.5, 0.6) is 0 Å². The van der Waals surface area contributed by atoms with Gasteiger partial charge < -0.3 is 4.90 Å². The second kappa shape index (κ2) is 9.12. The third kappa shape index (κ3) is 5.88. The maximum atomic E-state index is 12.4. The van der Waals surface area contributed by atoms with Crippen LogP contribution in [0, 0.1) is 0 Å². The first-order valence-corrected chi connectivity index (χ1v) is 10.2. The standard InChI is InChI=1S/C18H21BrN4O3S/c1-22(2)16-8-4-14(5-9-16)12-20-21-18(24)13-23(3)27(25,26)17-10-6-15(19)7-11-17/h4-12H,13H2,1-3H3,(H,21,24)/b20-12-. The number of hydrogen-bond acceptors (Lipinski definition) is 5. The van der Waals surface area contributed by atoms with Crippen LogP contribution in [0.2, 0.25) is 0 Å². The zero-order chi connectivity index (χ0) is 20.0. The number of carbonyl (C=O) groups excluding carboxylic acids is 1. The molecule has 0 aromatic heterocycles. The molecular formula is C18H21BrN4O3S. The second-order valence-corrected chi connectivity index (χ2v) is 8.95. The maximum Gasteiger partial charge on any atom is 0.255 e. The molecule has 0 aliphatic heterocycles. The zero-order valence-electron chi connectivity index (χ0n) is 15.3. The number of likely N-dealkylation sites (N-methyl/N-ethyl adjacent to an activating group) is 1. The van der Waals surface area contributed by atoms with E-state index in [9.17, 15) is 13.2 Å². The van der Waals surface area contributed by atoms with Crippen LogP contribution in [0.4, 0.5) is 5.69 Å². The Kier molecular flexibility index (Phi) is 7.11. The lowest BCUT2D eigenvalue weighted by Gasteiger charge is -2.16. The van der Waals surface area contributed by atoms with Gasteiger partial charge in [0.15, 0.2) is 0 Å². The van der Waals surface area contributed by atoms with Gasteiger partial charge in [-0.15, -0.1) is 0 Å².